The van der Waals surface area contributed by atoms with E-state index < -0.39 is 5.92 Å². The number of hydrogen-bond donors (Lipinski definition) is 1. The van der Waals surface area contributed by atoms with Gasteiger partial charge in [0.15, 0.2) is 0 Å². The van der Waals surface area contributed by atoms with Crippen LogP contribution < -0.4 is 10.2 Å². The molecule has 2 amide bonds. The largest absolute Gasteiger partial charge is 0.383 e. The van der Waals surface area contributed by atoms with E-state index in [2.05, 4.69) is 5.32 Å². The van der Waals surface area contributed by atoms with Crippen molar-refractivity contribution >= 4 is 29.1 Å². The van der Waals surface area contributed by atoms with E-state index >= 15 is 0 Å². The molecule has 0 saturated carbocycles. The highest BCUT2D eigenvalue weighted by Gasteiger charge is 2.38. The van der Waals surface area contributed by atoms with Gasteiger partial charge in [0.25, 0.3) is 0 Å². The first-order chi connectivity index (χ1) is 10.0. The Morgan fingerprint density at radius 1 is 1.52 bits per heavy atom. The van der Waals surface area contributed by atoms with Crippen molar-refractivity contribution in [2.24, 2.45) is 5.92 Å². The van der Waals surface area contributed by atoms with Gasteiger partial charge in [0.2, 0.25) is 11.8 Å². The van der Waals surface area contributed by atoms with Crippen molar-refractivity contribution in [3.63, 3.8) is 0 Å². The predicted octanol–water partition coefficient (Wildman–Crippen LogP) is 1.76. The number of carbonyl (C=O) groups is 2. The lowest BCUT2D eigenvalue weighted by Gasteiger charge is -2.18. The second kappa shape index (κ2) is 6.91. The molecule has 0 spiro atoms. The summed E-state index contributed by atoms with van der Waals surface area (Å²) in [5, 5.41) is 3.24. The first kappa shape index (κ1) is 15.8. The summed E-state index contributed by atoms with van der Waals surface area (Å²) in [6.07, 6.45) is 0.502. The zero-order valence-corrected chi connectivity index (χ0v) is 12.9. The summed E-state index contributed by atoms with van der Waals surface area (Å²) in [6.45, 7) is 3.28. The van der Waals surface area contributed by atoms with Crippen LogP contribution in [0.1, 0.15) is 12.0 Å². The van der Waals surface area contributed by atoms with Crippen molar-refractivity contribution < 1.29 is 14.3 Å². The molecular formula is C15H19ClN2O3. The number of ether oxygens (including phenoxy) is 1. The molecule has 0 aliphatic carbocycles. The lowest BCUT2D eigenvalue weighted by atomic mass is 10.1. The number of benzene rings is 1. The number of carbonyl (C=O) groups excluding carboxylic acids is 2. The van der Waals surface area contributed by atoms with Gasteiger partial charge >= 0.3 is 0 Å². The van der Waals surface area contributed by atoms with E-state index in [-0.39, 0.29) is 11.8 Å². The van der Waals surface area contributed by atoms with Crippen LogP contribution in [0.15, 0.2) is 18.2 Å². The summed E-state index contributed by atoms with van der Waals surface area (Å²) in [6, 6.07) is 5.54. The molecule has 1 N–H and O–H groups in total. The summed E-state index contributed by atoms with van der Waals surface area (Å²) in [5.41, 5.74) is 1.70. The van der Waals surface area contributed by atoms with Crippen LogP contribution in [0, 0.1) is 12.8 Å². The minimum absolute atomic E-state index is 0.198. The van der Waals surface area contributed by atoms with Crippen molar-refractivity contribution in [3.05, 3.63) is 28.8 Å². The minimum atomic E-state index is -0.640. The fourth-order valence-electron chi connectivity index (χ4n) is 2.39. The zero-order chi connectivity index (χ0) is 15.4. The van der Waals surface area contributed by atoms with E-state index in [1.54, 1.807) is 12.0 Å². The molecule has 0 bridgehead atoms. The fraction of sp³-hybridized carbons (Fsp3) is 0.467. The van der Waals surface area contributed by atoms with Crippen LogP contribution in [-0.2, 0) is 14.3 Å². The Balaban J connectivity index is 2.05. The number of rotatable bonds is 5. The quantitative estimate of drug-likeness (QED) is 0.666. The van der Waals surface area contributed by atoms with Gasteiger partial charge in [-0.25, -0.2) is 0 Å². The van der Waals surface area contributed by atoms with E-state index in [0.717, 1.165) is 5.56 Å². The van der Waals surface area contributed by atoms with E-state index in [1.165, 1.54) is 0 Å². The molecule has 2 rings (SSSR count). The van der Waals surface area contributed by atoms with E-state index in [4.69, 9.17) is 16.3 Å². The molecule has 1 fully saturated rings. The molecule has 1 aromatic rings. The number of nitrogens with zero attached hydrogens (tertiary/aromatic N) is 1. The zero-order valence-electron chi connectivity index (χ0n) is 12.2. The molecule has 21 heavy (non-hydrogen) atoms. The van der Waals surface area contributed by atoms with Gasteiger partial charge in [-0.1, -0.05) is 17.7 Å². The Kier molecular flexibility index (Phi) is 5.20. The number of amides is 2. The normalized spacial score (nSPS) is 18.1. The highest BCUT2D eigenvalue weighted by atomic mass is 35.5. The smallest absolute Gasteiger partial charge is 0.239 e. The molecule has 1 unspecified atom stereocenters. The third-order valence-corrected chi connectivity index (χ3v) is 3.82. The van der Waals surface area contributed by atoms with Crippen LogP contribution in [0.4, 0.5) is 5.69 Å². The van der Waals surface area contributed by atoms with Crippen LogP contribution in [0.5, 0.6) is 0 Å². The van der Waals surface area contributed by atoms with Crippen molar-refractivity contribution in [1.29, 1.82) is 0 Å². The van der Waals surface area contributed by atoms with Crippen molar-refractivity contribution in [3.8, 4) is 0 Å². The van der Waals surface area contributed by atoms with Gasteiger partial charge in [-0.2, -0.15) is 0 Å². The van der Waals surface area contributed by atoms with Crippen molar-refractivity contribution in [1.82, 2.24) is 5.32 Å². The lowest BCUT2D eigenvalue weighted by molar-refractivity contribution is -0.132. The molecule has 5 nitrogen and oxygen atoms in total. The predicted molar refractivity (Wildman–Crippen MR) is 81.5 cm³/mol. The summed E-state index contributed by atoms with van der Waals surface area (Å²) in [4.78, 5) is 26.0. The van der Waals surface area contributed by atoms with Gasteiger partial charge in [-0.15, -0.1) is 0 Å². The van der Waals surface area contributed by atoms with Gasteiger partial charge in [-0.3, -0.25) is 9.59 Å². The van der Waals surface area contributed by atoms with Crippen LogP contribution >= 0.6 is 11.6 Å². The summed E-state index contributed by atoms with van der Waals surface area (Å²) >= 11 is 6.19. The fourth-order valence-corrected chi connectivity index (χ4v) is 2.73. The maximum Gasteiger partial charge on any atom is 0.239 e. The second-order valence-electron chi connectivity index (χ2n) is 5.07. The Morgan fingerprint density at radius 3 is 2.95 bits per heavy atom. The van der Waals surface area contributed by atoms with Gasteiger partial charge in [-0.05, 0) is 31.0 Å². The van der Waals surface area contributed by atoms with Crippen LogP contribution in [0.3, 0.4) is 0 Å². The monoisotopic (exact) mass is 310 g/mol. The van der Waals surface area contributed by atoms with Crippen molar-refractivity contribution in [2.75, 3.05) is 31.7 Å². The SMILES string of the molecule is COCCNC(=O)C1CCN(c2ccc(C)cc2Cl)C1=O. The molecule has 114 valence electrons. The molecular weight excluding hydrogens is 292 g/mol. The molecule has 1 aliphatic heterocycles. The number of hydrogen-bond acceptors (Lipinski definition) is 3. The van der Waals surface area contributed by atoms with E-state index in [1.807, 2.05) is 25.1 Å². The van der Waals surface area contributed by atoms with Gasteiger partial charge in [0, 0.05) is 20.2 Å². The number of nitrogens with one attached hydrogen (secondary N) is 1. The number of halogens is 1. The highest BCUT2D eigenvalue weighted by Crippen LogP contribution is 2.32. The topological polar surface area (TPSA) is 58.6 Å². The average Bonchev–Trinajstić information content (AvgIpc) is 2.81. The van der Waals surface area contributed by atoms with Crippen LogP contribution in [-0.4, -0.2) is 38.6 Å². The Bertz CT molecular complexity index is 548. The van der Waals surface area contributed by atoms with Crippen LogP contribution in [0.2, 0.25) is 5.02 Å². The van der Waals surface area contributed by atoms with E-state index in [0.29, 0.717) is 36.8 Å². The molecule has 1 saturated heterocycles. The van der Waals surface area contributed by atoms with Gasteiger partial charge in [0.1, 0.15) is 5.92 Å². The molecule has 0 aromatic heterocycles. The van der Waals surface area contributed by atoms with Gasteiger partial charge < -0.3 is 15.0 Å². The molecule has 6 heteroatoms. The first-order valence-electron chi connectivity index (χ1n) is 6.88. The summed E-state index contributed by atoms with van der Waals surface area (Å²) in [5.74, 6) is -1.09. The minimum Gasteiger partial charge on any atom is -0.383 e. The van der Waals surface area contributed by atoms with Crippen LogP contribution in [0.25, 0.3) is 0 Å². The van der Waals surface area contributed by atoms with Crippen molar-refractivity contribution in [2.45, 2.75) is 13.3 Å². The molecule has 1 heterocycles. The highest BCUT2D eigenvalue weighted by molar-refractivity contribution is 6.34. The third-order valence-electron chi connectivity index (χ3n) is 3.52. The molecule has 1 aliphatic rings. The average molecular weight is 311 g/mol. The number of anilines is 1. The van der Waals surface area contributed by atoms with E-state index in [9.17, 15) is 9.59 Å². The lowest BCUT2D eigenvalue weighted by Crippen LogP contribution is -2.38. The standard InChI is InChI=1S/C15H19ClN2O3/c1-10-3-4-13(12(16)9-10)18-7-5-11(15(18)20)14(19)17-6-8-21-2/h3-4,9,11H,5-8H2,1-2H3,(H,17,19). The second-order valence-corrected chi connectivity index (χ2v) is 5.48. The maximum absolute atomic E-state index is 12.4. The molecule has 1 aromatic carbocycles. The summed E-state index contributed by atoms with van der Waals surface area (Å²) in [7, 11) is 1.56. The third kappa shape index (κ3) is 3.54. The Labute approximate surface area is 129 Å². The summed E-state index contributed by atoms with van der Waals surface area (Å²) < 4.78 is 4.87. The van der Waals surface area contributed by atoms with Gasteiger partial charge in [0.05, 0.1) is 17.3 Å². The Morgan fingerprint density at radius 2 is 2.29 bits per heavy atom. The molecule has 1 atom stereocenters. The first-order valence-corrected chi connectivity index (χ1v) is 7.26. The molecule has 0 radical (unpaired) electrons. The maximum atomic E-state index is 12.4. The number of aryl methyl sites for hydroxylation is 1. The Hall–Kier alpha value is -1.59. The number of methoxy groups -OCH3 is 1.